The molecule has 7 heteroatoms. The third-order valence-electron chi connectivity index (χ3n) is 2.60. The van der Waals surface area contributed by atoms with Crippen molar-refractivity contribution in [3.63, 3.8) is 0 Å². The Morgan fingerprint density at radius 3 is 2.94 bits per heavy atom. The molecule has 1 amide bonds. The summed E-state index contributed by atoms with van der Waals surface area (Å²) < 4.78 is 10.8. The Kier molecular flexibility index (Phi) is 4.36. The molecule has 0 aliphatic carbocycles. The number of esters is 1. The highest BCUT2D eigenvalue weighted by Crippen LogP contribution is 2.24. The van der Waals surface area contributed by atoms with Gasteiger partial charge in [-0.15, -0.1) is 11.3 Å². The number of halogens is 1. The summed E-state index contributed by atoms with van der Waals surface area (Å²) in [6.45, 7) is 1.07. The van der Waals surface area contributed by atoms with E-state index in [0.29, 0.717) is 18.0 Å². The van der Waals surface area contributed by atoms with Crippen LogP contribution in [0, 0.1) is 0 Å². The maximum absolute atomic E-state index is 12.2. The second-order valence-electron chi connectivity index (χ2n) is 3.74. The van der Waals surface area contributed by atoms with Crippen LogP contribution in [-0.2, 0) is 14.3 Å². The van der Waals surface area contributed by atoms with E-state index in [1.807, 2.05) is 6.07 Å². The van der Waals surface area contributed by atoms with Crippen molar-refractivity contribution in [1.82, 2.24) is 4.90 Å². The van der Waals surface area contributed by atoms with Crippen LogP contribution in [0.1, 0.15) is 9.67 Å². The molecule has 1 aromatic rings. The summed E-state index contributed by atoms with van der Waals surface area (Å²) in [4.78, 5) is 25.8. The van der Waals surface area contributed by atoms with Crippen LogP contribution in [0.4, 0.5) is 0 Å². The van der Waals surface area contributed by atoms with Gasteiger partial charge in [-0.25, -0.2) is 4.79 Å². The van der Waals surface area contributed by atoms with E-state index in [1.165, 1.54) is 18.4 Å². The fourth-order valence-electron chi connectivity index (χ4n) is 1.69. The first-order chi connectivity index (χ1) is 8.61. The van der Waals surface area contributed by atoms with Gasteiger partial charge in [0.05, 0.1) is 28.9 Å². The van der Waals surface area contributed by atoms with E-state index in [-0.39, 0.29) is 12.5 Å². The highest BCUT2D eigenvalue weighted by atomic mass is 79.9. The number of carbonyl (C=O) groups excluding carboxylic acids is 2. The van der Waals surface area contributed by atoms with Gasteiger partial charge in [0, 0.05) is 6.54 Å². The van der Waals surface area contributed by atoms with Crippen LogP contribution < -0.4 is 0 Å². The molecule has 1 fully saturated rings. The highest BCUT2D eigenvalue weighted by molar-refractivity contribution is 9.11. The zero-order chi connectivity index (χ0) is 13.1. The minimum absolute atomic E-state index is 0.0806. The van der Waals surface area contributed by atoms with Crippen molar-refractivity contribution in [3.8, 4) is 0 Å². The molecule has 0 aromatic carbocycles. The molecule has 1 saturated heterocycles. The number of carbonyl (C=O) groups is 2. The van der Waals surface area contributed by atoms with Gasteiger partial charge >= 0.3 is 5.97 Å². The van der Waals surface area contributed by atoms with Crippen LogP contribution >= 0.6 is 27.3 Å². The lowest BCUT2D eigenvalue weighted by Crippen LogP contribution is -2.48. The average molecular weight is 334 g/mol. The first kappa shape index (κ1) is 13.5. The normalized spacial score (nSPS) is 19.7. The Hall–Kier alpha value is -0.920. The van der Waals surface area contributed by atoms with E-state index in [9.17, 15) is 9.59 Å². The first-order valence-electron chi connectivity index (χ1n) is 5.36. The second-order valence-corrected chi connectivity index (χ2v) is 6.20. The fourth-order valence-corrected chi connectivity index (χ4v) is 3.05. The molecule has 5 nitrogen and oxygen atoms in total. The number of hydrogen-bond acceptors (Lipinski definition) is 5. The van der Waals surface area contributed by atoms with Gasteiger partial charge in [-0.2, -0.15) is 0 Å². The minimum atomic E-state index is -0.684. The molecule has 0 spiro atoms. The minimum Gasteiger partial charge on any atom is -0.467 e. The summed E-state index contributed by atoms with van der Waals surface area (Å²) in [5, 5.41) is 0. The van der Waals surface area contributed by atoms with Gasteiger partial charge in [-0.05, 0) is 28.1 Å². The number of nitrogens with zero attached hydrogens (tertiary/aromatic N) is 1. The number of thiophene rings is 1. The lowest BCUT2D eigenvalue weighted by molar-refractivity contribution is -0.158. The number of methoxy groups -OCH3 is 1. The molecule has 2 heterocycles. The van der Waals surface area contributed by atoms with Crippen molar-refractivity contribution in [2.45, 2.75) is 6.10 Å². The molecule has 1 aromatic heterocycles. The lowest BCUT2D eigenvalue weighted by atomic mass is 10.2. The van der Waals surface area contributed by atoms with Gasteiger partial charge in [0.1, 0.15) is 0 Å². The second kappa shape index (κ2) is 5.81. The first-order valence-corrected chi connectivity index (χ1v) is 6.97. The molecule has 0 radical (unpaired) electrons. The van der Waals surface area contributed by atoms with Crippen molar-refractivity contribution >= 4 is 39.1 Å². The van der Waals surface area contributed by atoms with Crippen LogP contribution in [0.5, 0.6) is 0 Å². The summed E-state index contributed by atoms with van der Waals surface area (Å²) in [7, 11) is 1.31. The topological polar surface area (TPSA) is 55.8 Å². The third-order valence-corrected chi connectivity index (χ3v) is 4.21. The van der Waals surface area contributed by atoms with Gasteiger partial charge in [-0.3, -0.25) is 4.79 Å². The molecule has 2 rings (SSSR count). The molecular weight excluding hydrogens is 322 g/mol. The molecule has 0 bridgehead atoms. The van der Waals surface area contributed by atoms with Gasteiger partial charge in [0.25, 0.3) is 5.91 Å². The summed E-state index contributed by atoms with van der Waals surface area (Å²) in [5.41, 5.74) is 0. The maximum atomic E-state index is 12.2. The standard InChI is InChI=1S/C11H12BrNO4S/c1-16-11(15)7-6-13(4-5-17-7)10(14)8-2-3-9(12)18-8/h2-3,7H,4-6H2,1H3. The van der Waals surface area contributed by atoms with Crippen LogP contribution in [0.2, 0.25) is 0 Å². The average Bonchev–Trinajstić information content (AvgIpc) is 2.83. The van der Waals surface area contributed by atoms with E-state index in [0.717, 1.165) is 3.79 Å². The number of hydrogen-bond donors (Lipinski definition) is 0. The number of amides is 1. The summed E-state index contributed by atoms with van der Waals surface area (Å²) in [6, 6.07) is 3.59. The third kappa shape index (κ3) is 2.90. The Morgan fingerprint density at radius 1 is 1.56 bits per heavy atom. The van der Waals surface area contributed by atoms with E-state index in [4.69, 9.17) is 4.74 Å². The molecule has 1 aliphatic rings. The molecule has 1 unspecified atom stereocenters. The largest absolute Gasteiger partial charge is 0.467 e. The quantitative estimate of drug-likeness (QED) is 0.770. The van der Waals surface area contributed by atoms with Gasteiger partial charge in [-0.1, -0.05) is 0 Å². The Bertz CT molecular complexity index is 462. The van der Waals surface area contributed by atoms with Crippen LogP contribution in [-0.4, -0.2) is 49.7 Å². The van der Waals surface area contributed by atoms with Gasteiger partial charge in [0.2, 0.25) is 0 Å². The maximum Gasteiger partial charge on any atom is 0.336 e. The molecule has 18 heavy (non-hydrogen) atoms. The van der Waals surface area contributed by atoms with Gasteiger partial charge in [0.15, 0.2) is 6.10 Å². The van der Waals surface area contributed by atoms with E-state index >= 15 is 0 Å². The SMILES string of the molecule is COC(=O)C1CN(C(=O)c2ccc(Br)s2)CCO1. The molecule has 0 saturated carbocycles. The highest BCUT2D eigenvalue weighted by Gasteiger charge is 2.30. The zero-order valence-electron chi connectivity index (χ0n) is 9.72. The van der Waals surface area contributed by atoms with E-state index in [1.54, 1.807) is 11.0 Å². The Balaban J connectivity index is 2.05. The number of ether oxygens (including phenoxy) is 2. The van der Waals surface area contributed by atoms with Crippen LogP contribution in [0.25, 0.3) is 0 Å². The van der Waals surface area contributed by atoms with Crippen LogP contribution in [0.15, 0.2) is 15.9 Å². The summed E-state index contributed by atoms with van der Waals surface area (Å²) in [5.74, 6) is -0.525. The fraction of sp³-hybridized carbons (Fsp3) is 0.455. The van der Waals surface area contributed by atoms with Gasteiger partial charge < -0.3 is 14.4 Å². The predicted octanol–water partition coefficient (Wildman–Crippen LogP) is 1.52. The number of rotatable bonds is 2. The molecular formula is C11H12BrNO4S. The van der Waals surface area contributed by atoms with E-state index < -0.39 is 12.1 Å². The monoisotopic (exact) mass is 333 g/mol. The summed E-state index contributed by atoms with van der Waals surface area (Å²) >= 11 is 4.69. The van der Waals surface area contributed by atoms with E-state index in [2.05, 4.69) is 20.7 Å². The molecule has 0 N–H and O–H groups in total. The van der Waals surface area contributed by atoms with Crippen molar-refractivity contribution in [2.24, 2.45) is 0 Å². The smallest absolute Gasteiger partial charge is 0.336 e. The zero-order valence-corrected chi connectivity index (χ0v) is 12.1. The lowest BCUT2D eigenvalue weighted by Gasteiger charge is -2.31. The summed E-state index contributed by atoms with van der Waals surface area (Å²) in [6.07, 6.45) is -0.684. The number of morpholine rings is 1. The van der Waals surface area contributed by atoms with Crippen molar-refractivity contribution in [1.29, 1.82) is 0 Å². The Labute approximate surface area is 117 Å². The van der Waals surface area contributed by atoms with Crippen LogP contribution in [0.3, 0.4) is 0 Å². The molecule has 1 aliphatic heterocycles. The predicted molar refractivity (Wildman–Crippen MR) is 69.7 cm³/mol. The van der Waals surface area contributed by atoms with Crippen molar-refractivity contribution in [2.75, 3.05) is 26.8 Å². The Morgan fingerprint density at radius 2 is 2.33 bits per heavy atom. The molecule has 1 atom stereocenters. The van der Waals surface area contributed by atoms with Crippen molar-refractivity contribution < 1.29 is 19.1 Å². The molecule has 98 valence electrons. The van der Waals surface area contributed by atoms with Crippen molar-refractivity contribution in [3.05, 3.63) is 20.8 Å².